The van der Waals surface area contributed by atoms with Crippen LogP contribution < -0.4 is 9.64 Å². The van der Waals surface area contributed by atoms with Gasteiger partial charge in [-0.2, -0.15) is 0 Å². The molecule has 0 N–H and O–H groups in total. The van der Waals surface area contributed by atoms with Gasteiger partial charge in [0.15, 0.2) is 5.75 Å². The number of rotatable bonds is 2. The van der Waals surface area contributed by atoms with E-state index < -0.39 is 24.2 Å². The van der Waals surface area contributed by atoms with Crippen molar-refractivity contribution in [2.24, 2.45) is 5.92 Å². The zero-order chi connectivity index (χ0) is 17.3. The molecule has 0 saturated heterocycles. The van der Waals surface area contributed by atoms with Crippen LogP contribution in [-0.4, -0.2) is 38.1 Å². The summed E-state index contributed by atoms with van der Waals surface area (Å²) in [5, 5.41) is 0. The summed E-state index contributed by atoms with van der Waals surface area (Å²) in [5.74, 6) is -4.12. The van der Waals surface area contributed by atoms with Crippen LogP contribution in [0.5, 0.6) is 5.75 Å². The first kappa shape index (κ1) is 16.7. The first-order valence-corrected chi connectivity index (χ1v) is 7.96. The van der Waals surface area contributed by atoms with Gasteiger partial charge in [0.1, 0.15) is 12.2 Å². The molecule has 0 aromatic heterocycles. The fourth-order valence-corrected chi connectivity index (χ4v) is 3.35. The maximum Gasteiger partial charge on any atom is 0.341 e. The number of benzene rings is 1. The minimum Gasteiger partial charge on any atom is -0.489 e. The normalized spacial score (nSPS) is 22.3. The molecule has 0 bridgehead atoms. The standard InChI is InChI=1S/C17H19F2NO4/c1-23-16(22)12-5-2-6-13-14(12)24-9-8-20(13)15(21)11-4-3-7-17(18,19)10-11/h2,5-6,11H,3-4,7-10H2,1H3/t11-/m1/s1. The Kier molecular flexibility index (Phi) is 4.43. The number of nitrogens with zero attached hydrogens (tertiary/aromatic N) is 1. The summed E-state index contributed by atoms with van der Waals surface area (Å²) in [6.07, 6.45) is 0.207. The van der Waals surface area contributed by atoms with Crippen molar-refractivity contribution in [1.82, 2.24) is 0 Å². The van der Waals surface area contributed by atoms with Crippen molar-refractivity contribution in [2.45, 2.75) is 31.6 Å². The topological polar surface area (TPSA) is 55.8 Å². The van der Waals surface area contributed by atoms with Crippen LogP contribution in [0.4, 0.5) is 14.5 Å². The summed E-state index contributed by atoms with van der Waals surface area (Å²) in [6, 6.07) is 4.82. The molecule has 1 amide bonds. The monoisotopic (exact) mass is 339 g/mol. The summed E-state index contributed by atoms with van der Waals surface area (Å²) in [5.41, 5.74) is 0.657. The fraction of sp³-hybridized carbons (Fsp3) is 0.529. The highest BCUT2D eigenvalue weighted by molar-refractivity contribution is 6.01. The van der Waals surface area contributed by atoms with Crippen molar-refractivity contribution >= 4 is 17.6 Å². The van der Waals surface area contributed by atoms with Crippen molar-refractivity contribution in [3.63, 3.8) is 0 Å². The molecule has 1 aliphatic heterocycles. The summed E-state index contributed by atoms with van der Waals surface area (Å²) >= 11 is 0. The molecule has 0 spiro atoms. The minimum atomic E-state index is -2.79. The van der Waals surface area contributed by atoms with Crippen LogP contribution in [0, 0.1) is 5.92 Å². The number of esters is 1. The van der Waals surface area contributed by atoms with Gasteiger partial charge < -0.3 is 14.4 Å². The van der Waals surface area contributed by atoms with E-state index in [2.05, 4.69) is 0 Å². The first-order chi connectivity index (χ1) is 11.4. The molecule has 1 aliphatic carbocycles. The zero-order valence-corrected chi connectivity index (χ0v) is 13.4. The first-order valence-electron chi connectivity index (χ1n) is 7.96. The van der Waals surface area contributed by atoms with E-state index in [9.17, 15) is 18.4 Å². The van der Waals surface area contributed by atoms with Crippen molar-refractivity contribution in [3.05, 3.63) is 23.8 Å². The van der Waals surface area contributed by atoms with Gasteiger partial charge in [0, 0.05) is 18.8 Å². The predicted octanol–water partition coefficient (Wildman–Crippen LogP) is 3.02. The van der Waals surface area contributed by atoms with Crippen LogP contribution in [0.2, 0.25) is 0 Å². The third kappa shape index (κ3) is 3.07. The number of halogens is 2. The lowest BCUT2D eigenvalue weighted by molar-refractivity contribution is -0.129. The van der Waals surface area contributed by atoms with Gasteiger partial charge in [-0.3, -0.25) is 4.79 Å². The second kappa shape index (κ2) is 6.37. The van der Waals surface area contributed by atoms with Gasteiger partial charge >= 0.3 is 5.97 Å². The number of fused-ring (bicyclic) bond motifs is 1. The molecule has 1 saturated carbocycles. The molecular formula is C17H19F2NO4. The molecule has 3 rings (SSSR count). The summed E-state index contributed by atoms with van der Waals surface area (Å²) < 4.78 is 37.5. The third-order valence-corrected chi connectivity index (χ3v) is 4.51. The Morgan fingerprint density at radius 3 is 2.88 bits per heavy atom. The summed E-state index contributed by atoms with van der Waals surface area (Å²) in [6.45, 7) is 0.481. The molecule has 24 heavy (non-hydrogen) atoms. The second-order valence-corrected chi connectivity index (χ2v) is 6.13. The van der Waals surface area contributed by atoms with Crippen LogP contribution in [0.15, 0.2) is 18.2 Å². The van der Waals surface area contributed by atoms with Gasteiger partial charge in [-0.25, -0.2) is 13.6 Å². The third-order valence-electron chi connectivity index (χ3n) is 4.51. The zero-order valence-electron chi connectivity index (χ0n) is 13.4. The van der Waals surface area contributed by atoms with Crippen molar-refractivity contribution in [1.29, 1.82) is 0 Å². The van der Waals surface area contributed by atoms with E-state index in [4.69, 9.17) is 9.47 Å². The van der Waals surface area contributed by atoms with Gasteiger partial charge in [0.05, 0.1) is 19.3 Å². The Morgan fingerprint density at radius 1 is 1.38 bits per heavy atom. The highest BCUT2D eigenvalue weighted by atomic mass is 19.3. The molecule has 1 heterocycles. The minimum absolute atomic E-state index is 0.164. The summed E-state index contributed by atoms with van der Waals surface area (Å²) in [7, 11) is 1.26. The lowest BCUT2D eigenvalue weighted by Gasteiger charge is -2.35. The maximum absolute atomic E-state index is 13.6. The largest absolute Gasteiger partial charge is 0.489 e. The molecule has 1 atom stereocenters. The van der Waals surface area contributed by atoms with E-state index in [-0.39, 0.29) is 36.8 Å². The highest BCUT2D eigenvalue weighted by Crippen LogP contribution is 2.40. The predicted molar refractivity (Wildman–Crippen MR) is 82.5 cm³/mol. The van der Waals surface area contributed by atoms with Crippen molar-refractivity contribution in [3.8, 4) is 5.75 Å². The molecular weight excluding hydrogens is 320 g/mol. The van der Waals surface area contributed by atoms with Gasteiger partial charge in [0.25, 0.3) is 0 Å². The number of carbonyl (C=O) groups excluding carboxylic acids is 2. The Bertz CT molecular complexity index is 662. The van der Waals surface area contributed by atoms with E-state index in [1.54, 1.807) is 18.2 Å². The van der Waals surface area contributed by atoms with E-state index in [0.29, 0.717) is 18.5 Å². The number of alkyl halides is 2. The number of amides is 1. The number of carbonyl (C=O) groups is 2. The molecule has 1 aromatic rings. The molecule has 0 radical (unpaired) electrons. The SMILES string of the molecule is COC(=O)c1cccc2c1OCCN2C(=O)[C@@H]1CCCC(F)(F)C1. The van der Waals surface area contributed by atoms with Crippen LogP contribution in [0.1, 0.15) is 36.0 Å². The molecule has 2 aliphatic rings. The lowest BCUT2D eigenvalue weighted by atomic mass is 9.85. The number of hydrogen-bond acceptors (Lipinski definition) is 4. The lowest BCUT2D eigenvalue weighted by Crippen LogP contribution is -2.44. The van der Waals surface area contributed by atoms with E-state index in [1.807, 2.05) is 0 Å². The molecule has 1 fully saturated rings. The van der Waals surface area contributed by atoms with E-state index >= 15 is 0 Å². The smallest absolute Gasteiger partial charge is 0.341 e. The van der Waals surface area contributed by atoms with Gasteiger partial charge in [-0.15, -0.1) is 0 Å². The average Bonchev–Trinajstić information content (AvgIpc) is 2.58. The molecule has 130 valence electrons. The molecule has 1 aromatic carbocycles. The van der Waals surface area contributed by atoms with E-state index in [1.165, 1.54) is 12.0 Å². The Hall–Kier alpha value is -2.18. The number of anilines is 1. The molecule has 5 nitrogen and oxygen atoms in total. The fourth-order valence-electron chi connectivity index (χ4n) is 3.35. The highest BCUT2D eigenvalue weighted by Gasteiger charge is 2.41. The Labute approximate surface area is 138 Å². The van der Waals surface area contributed by atoms with Crippen molar-refractivity contribution in [2.75, 3.05) is 25.2 Å². The maximum atomic E-state index is 13.6. The average molecular weight is 339 g/mol. The number of ether oxygens (including phenoxy) is 2. The van der Waals surface area contributed by atoms with E-state index in [0.717, 1.165) is 0 Å². The molecule has 7 heteroatoms. The summed E-state index contributed by atoms with van der Waals surface area (Å²) in [4.78, 5) is 26.1. The van der Waals surface area contributed by atoms with Crippen LogP contribution in [0.3, 0.4) is 0 Å². The number of hydrogen-bond donors (Lipinski definition) is 0. The van der Waals surface area contributed by atoms with Crippen LogP contribution in [-0.2, 0) is 9.53 Å². The van der Waals surface area contributed by atoms with Gasteiger partial charge in [0.2, 0.25) is 11.8 Å². The second-order valence-electron chi connectivity index (χ2n) is 6.13. The van der Waals surface area contributed by atoms with Crippen LogP contribution >= 0.6 is 0 Å². The Balaban J connectivity index is 1.89. The Morgan fingerprint density at radius 2 is 2.17 bits per heavy atom. The van der Waals surface area contributed by atoms with Crippen LogP contribution in [0.25, 0.3) is 0 Å². The molecule has 0 unspecified atom stereocenters. The number of para-hydroxylation sites is 1. The van der Waals surface area contributed by atoms with Gasteiger partial charge in [-0.1, -0.05) is 6.07 Å². The van der Waals surface area contributed by atoms with Gasteiger partial charge in [-0.05, 0) is 25.0 Å². The number of methoxy groups -OCH3 is 1. The van der Waals surface area contributed by atoms with Crippen molar-refractivity contribution < 1.29 is 27.8 Å². The quantitative estimate of drug-likeness (QED) is 0.777.